The number of rotatable bonds is 1. The summed E-state index contributed by atoms with van der Waals surface area (Å²) in [6, 6.07) is 2.06. The lowest BCUT2D eigenvalue weighted by Gasteiger charge is -2.24. The van der Waals surface area contributed by atoms with Gasteiger partial charge in [0.1, 0.15) is 6.20 Å². The average Bonchev–Trinajstić information content (AvgIpc) is 2.43. The molecule has 1 aliphatic heterocycles. The highest BCUT2D eigenvalue weighted by Crippen LogP contribution is 2.18. The SMILES string of the molecule is Cc1ccn[c]c1N1CCOCC(N)C1. The third kappa shape index (κ3) is 2.46. The highest BCUT2D eigenvalue weighted by molar-refractivity contribution is 5.50. The predicted molar refractivity (Wildman–Crippen MR) is 58.8 cm³/mol. The summed E-state index contributed by atoms with van der Waals surface area (Å²) < 4.78 is 5.40. The maximum atomic E-state index is 5.91. The summed E-state index contributed by atoms with van der Waals surface area (Å²) in [5.74, 6) is 0. The maximum Gasteiger partial charge on any atom is 0.114 e. The van der Waals surface area contributed by atoms with E-state index >= 15 is 0 Å². The van der Waals surface area contributed by atoms with E-state index in [-0.39, 0.29) is 6.04 Å². The normalized spacial score (nSPS) is 22.5. The average molecular weight is 206 g/mol. The van der Waals surface area contributed by atoms with Gasteiger partial charge in [-0.1, -0.05) is 0 Å². The van der Waals surface area contributed by atoms with Crippen molar-refractivity contribution in [3.63, 3.8) is 0 Å². The first-order valence-electron chi connectivity index (χ1n) is 5.19. The van der Waals surface area contributed by atoms with Gasteiger partial charge in [-0.15, -0.1) is 0 Å². The minimum absolute atomic E-state index is 0.0699. The highest BCUT2D eigenvalue weighted by Gasteiger charge is 2.17. The molecule has 2 rings (SSSR count). The van der Waals surface area contributed by atoms with Crippen molar-refractivity contribution in [2.45, 2.75) is 13.0 Å². The molecular weight excluding hydrogens is 190 g/mol. The molecule has 0 spiro atoms. The second-order valence-electron chi connectivity index (χ2n) is 3.87. The van der Waals surface area contributed by atoms with Crippen molar-refractivity contribution in [2.24, 2.45) is 5.73 Å². The number of anilines is 1. The Labute approximate surface area is 90.0 Å². The van der Waals surface area contributed by atoms with Crippen molar-refractivity contribution in [3.8, 4) is 0 Å². The van der Waals surface area contributed by atoms with Crippen molar-refractivity contribution < 1.29 is 4.74 Å². The lowest BCUT2D eigenvalue weighted by Crippen LogP contribution is -2.38. The van der Waals surface area contributed by atoms with Crippen LogP contribution in [-0.2, 0) is 4.74 Å². The lowest BCUT2D eigenvalue weighted by molar-refractivity contribution is 0.142. The lowest BCUT2D eigenvalue weighted by atomic mass is 10.2. The number of aryl methyl sites for hydroxylation is 1. The van der Waals surface area contributed by atoms with Crippen LogP contribution in [0.25, 0.3) is 0 Å². The van der Waals surface area contributed by atoms with Crippen LogP contribution in [0.15, 0.2) is 12.3 Å². The highest BCUT2D eigenvalue weighted by atomic mass is 16.5. The Balaban J connectivity index is 2.18. The number of hydrogen-bond acceptors (Lipinski definition) is 4. The monoisotopic (exact) mass is 206 g/mol. The molecule has 1 atom stereocenters. The molecule has 1 aromatic heterocycles. The van der Waals surface area contributed by atoms with Crippen LogP contribution in [0.2, 0.25) is 0 Å². The zero-order chi connectivity index (χ0) is 10.7. The van der Waals surface area contributed by atoms with Gasteiger partial charge in [0.25, 0.3) is 0 Å². The van der Waals surface area contributed by atoms with Gasteiger partial charge in [-0.05, 0) is 18.6 Å². The number of ether oxygens (including phenoxy) is 1. The number of nitrogens with zero attached hydrogens (tertiary/aromatic N) is 2. The van der Waals surface area contributed by atoms with Crippen molar-refractivity contribution in [2.75, 3.05) is 31.2 Å². The zero-order valence-corrected chi connectivity index (χ0v) is 8.94. The van der Waals surface area contributed by atoms with Crippen LogP contribution in [0.4, 0.5) is 5.69 Å². The molecule has 1 radical (unpaired) electrons. The summed E-state index contributed by atoms with van der Waals surface area (Å²) in [6.07, 6.45) is 4.78. The molecule has 1 unspecified atom stereocenters. The molecule has 2 N–H and O–H groups in total. The van der Waals surface area contributed by atoms with E-state index in [1.165, 1.54) is 5.56 Å². The predicted octanol–water partition coefficient (Wildman–Crippen LogP) is 0.354. The molecule has 1 saturated heterocycles. The largest absolute Gasteiger partial charge is 0.378 e. The molecule has 2 heterocycles. The van der Waals surface area contributed by atoms with Gasteiger partial charge >= 0.3 is 0 Å². The molecule has 0 bridgehead atoms. The molecule has 4 nitrogen and oxygen atoms in total. The van der Waals surface area contributed by atoms with Crippen LogP contribution >= 0.6 is 0 Å². The zero-order valence-electron chi connectivity index (χ0n) is 8.94. The fraction of sp³-hybridized carbons (Fsp3) is 0.545. The van der Waals surface area contributed by atoms with Gasteiger partial charge in [-0.3, -0.25) is 4.98 Å². The smallest absolute Gasteiger partial charge is 0.114 e. The van der Waals surface area contributed by atoms with Gasteiger partial charge < -0.3 is 15.4 Å². The first-order chi connectivity index (χ1) is 7.27. The van der Waals surface area contributed by atoms with Gasteiger partial charge in [0, 0.05) is 25.3 Å². The molecule has 0 amide bonds. The van der Waals surface area contributed by atoms with E-state index in [9.17, 15) is 0 Å². The van der Waals surface area contributed by atoms with Crippen LogP contribution in [0.5, 0.6) is 0 Å². The first-order valence-corrected chi connectivity index (χ1v) is 5.19. The van der Waals surface area contributed by atoms with Gasteiger partial charge in [0.2, 0.25) is 0 Å². The second kappa shape index (κ2) is 4.59. The molecule has 1 fully saturated rings. The summed E-state index contributed by atoms with van der Waals surface area (Å²) in [6.45, 7) is 5.08. The summed E-state index contributed by atoms with van der Waals surface area (Å²) in [4.78, 5) is 6.22. The van der Waals surface area contributed by atoms with Crippen LogP contribution in [0, 0.1) is 13.1 Å². The van der Waals surface area contributed by atoms with E-state index in [4.69, 9.17) is 10.5 Å². The van der Waals surface area contributed by atoms with Crippen molar-refractivity contribution in [3.05, 3.63) is 24.0 Å². The van der Waals surface area contributed by atoms with Gasteiger partial charge in [0.05, 0.1) is 18.9 Å². The number of hydrogen-bond donors (Lipinski definition) is 1. The third-order valence-electron chi connectivity index (χ3n) is 2.55. The summed E-state index contributed by atoms with van der Waals surface area (Å²) in [5.41, 5.74) is 8.13. The molecule has 1 aliphatic rings. The Morgan fingerprint density at radius 2 is 2.53 bits per heavy atom. The van der Waals surface area contributed by atoms with Crippen molar-refractivity contribution in [1.29, 1.82) is 0 Å². The van der Waals surface area contributed by atoms with Crippen molar-refractivity contribution >= 4 is 5.69 Å². The number of pyridine rings is 1. The van der Waals surface area contributed by atoms with E-state index < -0.39 is 0 Å². The van der Waals surface area contributed by atoms with Gasteiger partial charge in [-0.2, -0.15) is 0 Å². The van der Waals surface area contributed by atoms with Gasteiger partial charge in [0.15, 0.2) is 0 Å². The number of aromatic nitrogens is 1. The van der Waals surface area contributed by atoms with Gasteiger partial charge in [-0.25, -0.2) is 0 Å². The van der Waals surface area contributed by atoms with E-state index in [0.29, 0.717) is 6.61 Å². The Morgan fingerprint density at radius 3 is 3.33 bits per heavy atom. The molecule has 81 valence electrons. The van der Waals surface area contributed by atoms with Crippen LogP contribution in [0.1, 0.15) is 5.56 Å². The Bertz CT molecular complexity index is 329. The van der Waals surface area contributed by atoms with Crippen molar-refractivity contribution in [1.82, 2.24) is 4.98 Å². The molecule has 1 aromatic rings. The van der Waals surface area contributed by atoms with Crippen LogP contribution < -0.4 is 10.6 Å². The summed E-state index contributed by atoms with van der Waals surface area (Å²) >= 11 is 0. The second-order valence-corrected chi connectivity index (χ2v) is 3.87. The van der Waals surface area contributed by atoms with E-state index in [0.717, 1.165) is 25.4 Å². The minimum atomic E-state index is 0.0699. The fourth-order valence-electron chi connectivity index (χ4n) is 1.77. The standard InChI is InChI=1S/C11H16N3O/c1-9-2-3-13-6-11(9)14-4-5-15-8-10(12)7-14/h2-3,10H,4-5,7-8,12H2,1H3. The fourth-order valence-corrected chi connectivity index (χ4v) is 1.77. The number of nitrogens with two attached hydrogens (primary N) is 1. The third-order valence-corrected chi connectivity index (χ3v) is 2.55. The molecule has 0 saturated carbocycles. The summed E-state index contributed by atoms with van der Waals surface area (Å²) in [7, 11) is 0. The Kier molecular flexibility index (Phi) is 3.18. The van der Waals surface area contributed by atoms with E-state index in [1.54, 1.807) is 6.20 Å². The Hall–Kier alpha value is -1.13. The topological polar surface area (TPSA) is 51.4 Å². The van der Waals surface area contributed by atoms with E-state index in [1.807, 2.05) is 6.07 Å². The molecule has 0 aliphatic carbocycles. The quantitative estimate of drug-likeness (QED) is 0.720. The summed E-state index contributed by atoms with van der Waals surface area (Å²) in [5, 5.41) is 0. The molecular formula is C11H16N3O. The first kappa shape index (κ1) is 10.4. The Morgan fingerprint density at radius 1 is 1.67 bits per heavy atom. The maximum absolute atomic E-state index is 5.91. The molecule has 15 heavy (non-hydrogen) atoms. The molecule has 0 aromatic carbocycles. The van der Waals surface area contributed by atoms with Crippen LogP contribution in [-0.4, -0.2) is 37.3 Å². The van der Waals surface area contributed by atoms with E-state index in [2.05, 4.69) is 23.0 Å². The van der Waals surface area contributed by atoms with Crippen LogP contribution in [0.3, 0.4) is 0 Å². The molecule has 4 heteroatoms. The minimum Gasteiger partial charge on any atom is -0.378 e.